The summed E-state index contributed by atoms with van der Waals surface area (Å²) in [7, 11) is 0. The molecule has 1 atom stereocenters. The topological polar surface area (TPSA) is 71.1 Å². The van der Waals surface area contributed by atoms with Crippen molar-refractivity contribution in [3.05, 3.63) is 101 Å². The second-order valence-electron chi connectivity index (χ2n) is 9.32. The van der Waals surface area contributed by atoms with E-state index in [9.17, 15) is 14.0 Å². The highest BCUT2D eigenvalue weighted by molar-refractivity contribution is 6.32. The Morgan fingerprint density at radius 3 is 2.38 bits per heavy atom. The van der Waals surface area contributed by atoms with Crippen molar-refractivity contribution in [2.24, 2.45) is 0 Å². The molecule has 0 aliphatic carbocycles. The van der Waals surface area contributed by atoms with Crippen LogP contribution in [0.2, 0.25) is 5.02 Å². The van der Waals surface area contributed by atoms with Gasteiger partial charge in [-0.25, -0.2) is 4.39 Å². The Morgan fingerprint density at radius 1 is 0.974 bits per heavy atom. The molecule has 1 saturated heterocycles. The molecular weight excluding hydrogens is 521 g/mol. The van der Waals surface area contributed by atoms with Gasteiger partial charge in [-0.05, 0) is 35.4 Å². The molecule has 7 nitrogen and oxygen atoms in total. The van der Waals surface area contributed by atoms with Crippen molar-refractivity contribution in [1.82, 2.24) is 15.1 Å². The number of benzene rings is 3. The second kappa shape index (κ2) is 14.6. The van der Waals surface area contributed by atoms with Crippen LogP contribution in [0.25, 0.3) is 0 Å². The average molecular weight is 554 g/mol. The summed E-state index contributed by atoms with van der Waals surface area (Å²) in [4.78, 5) is 31.0. The maximum absolute atomic E-state index is 13.6. The van der Waals surface area contributed by atoms with Crippen LogP contribution in [-0.2, 0) is 27.3 Å². The van der Waals surface area contributed by atoms with Crippen molar-refractivity contribution in [2.75, 3.05) is 46.0 Å². The number of rotatable bonds is 12. The van der Waals surface area contributed by atoms with E-state index in [0.29, 0.717) is 49.1 Å². The van der Waals surface area contributed by atoms with Crippen molar-refractivity contribution in [3.63, 3.8) is 0 Å². The summed E-state index contributed by atoms with van der Waals surface area (Å²) in [5, 5.41) is 3.41. The predicted molar refractivity (Wildman–Crippen MR) is 148 cm³/mol. The molecule has 1 unspecified atom stereocenters. The normalized spacial score (nSPS) is 14.4. The van der Waals surface area contributed by atoms with Crippen LogP contribution in [-0.4, -0.2) is 73.7 Å². The first-order chi connectivity index (χ1) is 19.0. The summed E-state index contributed by atoms with van der Waals surface area (Å²) in [6, 6.07) is 21.5. The average Bonchev–Trinajstić information content (AvgIpc) is 2.96. The van der Waals surface area contributed by atoms with Gasteiger partial charge in [-0.1, -0.05) is 66.2 Å². The SMILES string of the molecule is O=C(NCCN1CCOCC1)C(Cc1ccccc1)N(Cc1ccc(F)cc1)C(=O)COc1ccccc1Cl. The standard InChI is InChI=1S/C30H33ClFN3O4/c31-26-8-4-5-9-28(26)39-22-29(36)35(21-24-10-12-25(32)13-11-24)27(20-23-6-2-1-3-7-23)30(37)33-14-15-34-16-18-38-19-17-34/h1-13,27H,14-22H2,(H,33,37). The molecule has 1 N–H and O–H groups in total. The molecule has 1 fully saturated rings. The van der Waals surface area contributed by atoms with Crippen LogP contribution in [0, 0.1) is 5.82 Å². The smallest absolute Gasteiger partial charge is 0.261 e. The van der Waals surface area contributed by atoms with Gasteiger partial charge in [0.25, 0.3) is 5.91 Å². The minimum Gasteiger partial charge on any atom is -0.482 e. The molecule has 0 saturated carbocycles. The lowest BCUT2D eigenvalue weighted by molar-refractivity contribution is -0.142. The van der Waals surface area contributed by atoms with Crippen molar-refractivity contribution in [3.8, 4) is 5.75 Å². The molecule has 4 rings (SSSR count). The summed E-state index contributed by atoms with van der Waals surface area (Å²) < 4.78 is 24.7. The maximum atomic E-state index is 13.6. The van der Waals surface area contributed by atoms with Gasteiger partial charge in [0.2, 0.25) is 5.91 Å². The first kappa shape index (κ1) is 28.5. The Bertz CT molecular complexity index is 1210. The molecule has 0 radical (unpaired) electrons. The van der Waals surface area contributed by atoms with Crippen LogP contribution in [0.5, 0.6) is 5.75 Å². The molecule has 0 aromatic heterocycles. The highest BCUT2D eigenvalue weighted by Gasteiger charge is 2.31. The van der Waals surface area contributed by atoms with E-state index in [4.69, 9.17) is 21.1 Å². The summed E-state index contributed by atoms with van der Waals surface area (Å²) in [5.74, 6) is -0.645. The van der Waals surface area contributed by atoms with Crippen LogP contribution >= 0.6 is 11.6 Å². The van der Waals surface area contributed by atoms with Crippen LogP contribution in [0.1, 0.15) is 11.1 Å². The van der Waals surface area contributed by atoms with Gasteiger partial charge < -0.3 is 19.7 Å². The van der Waals surface area contributed by atoms with E-state index in [1.807, 2.05) is 30.3 Å². The number of para-hydroxylation sites is 1. The van der Waals surface area contributed by atoms with Gasteiger partial charge >= 0.3 is 0 Å². The van der Waals surface area contributed by atoms with Crippen molar-refractivity contribution in [1.29, 1.82) is 0 Å². The molecule has 1 aliphatic rings. The van der Waals surface area contributed by atoms with Crippen LogP contribution in [0.15, 0.2) is 78.9 Å². The minimum absolute atomic E-state index is 0.110. The van der Waals surface area contributed by atoms with Crippen molar-refractivity contribution in [2.45, 2.75) is 19.0 Å². The quantitative estimate of drug-likeness (QED) is 0.368. The van der Waals surface area contributed by atoms with Gasteiger partial charge in [0.15, 0.2) is 6.61 Å². The lowest BCUT2D eigenvalue weighted by atomic mass is 10.0. The van der Waals surface area contributed by atoms with E-state index < -0.39 is 6.04 Å². The number of nitrogens with zero attached hydrogens (tertiary/aromatic N) is 2. The third-order valence-corrected chi connectivity index (χ3v) is 6.87. The summed E-state index contributed by atoms with van der Waals surface area (Å²) in [6.07, 6.45) is 0.309. The number of morpholine rings is 1. The Morgan fingerprint density at radius 2 is 1.67 bits per heavy atom. The first-order valence-corrected chi connectivity index (χ1v) is 13.4. The monoisotopic (exact) mass is 553 g/mol. The summed E-state index contributed by atoms with van der Waals surface area (Å²) >= 11 is 6.21. The number of carbonyl (C=O) groups is 2. The lowest BCUT2D eigenvalue weighted by Gasteiger charge is -2.32. The number of carbonyl (C=O) groups excluding carboxylic acids is 2. The fourth-order valence-corrected chi connectivity index (χ4v) is 4.59. The lowest BCUT2D eigenvalue weighted by Crippen LogP contribution is -2.52. The fourth-order valence-electron chi connectivity index (χ4n) is 4.40. The Hall–Kier alpha value is -3.46. The van der Waals surface area contributed by atoms with Gasteiger partial charge in [0.1, 0.15) is 17.6 Å². The van der Waals surface area contributed by atoms with Crippen molar-refractivity contribution >= 4 is 23.4 Å². The fraction of sp³-hybridized carbons (Fsp3) is 0.333. The Labute approximate surface area is 233 Å². The van der Waals surface area contributed by atoms with Gasteiger partial charge in [-0.2, -0.15) is 0 Å². The predicted octanol–water partition coefficient (Wildman–Crippen LogP) is 3.95. The number of ether oxygens (including phenoxy) is 2. The van der Waals surface area contributed by atoms with Gasteiger partial charge in [-0.15, -0.1) is 0 Å². The number of hydrogen-bond acceptors (Lipinski definition) is 5. The zero-order chi connectivity index (χ0) is 27.5. The molecule has 9 heteroatoms. The molecule has 1 heterocycles. The first-order valence-electron chi connectivity index (χ1n) is 13.0. The summed E-state index contributed by atoms with van der Waals surface area (Å²) in [6.45, 7) is 3.92. The Balaban J connectivity index is 1.54. The molecule has 0 spiro atoms. The van der Waals surface area contributed by atoms with Gasteiger partial charge in [0.05, 0.1) is 18.2 Å². The molecule has 2 amide bonds. The second-order valence-corrected chi connectivity index (χ2v) is 9.72. The third-order valence-electron chi connectivity index (χ3n) is 6.56. The maximum Gasteiger partial charge on any atom is 0.261 e. The molecule has 0 bridgehead atoms. The summed E-state index contributed by atoms with van der Waals surface area (Å²) in [5.41, 5.74) is 1.61. The zero-order valence-electron chi connectivity index (χ0n) is 21.7. The molecular formula is C30H33ClFN3O4. The number of hydrogen-bond donors (Lipinski definition) is 1. The van der Waals surface area contributed by atoms with Crippen LogP contribution in [0.4, 0.5) is 4.39 Å². The van der Waals surface area contributed by atoms with E-state index in [1.165, 1.54) is 17.0 Å². The van der Waals surface area contributed by atoms with Gasteiger partial charge in [-0.3, -0.25) is 14.5 Å². The largest absolute Gasteiger partial charge is 0.482 e. The van der Waals surface area contributed by atoms with Crippen molar-refractivity contribution < 1.29 is 23.5 Å². The molecule has 1 aliphatic heterocycles. The van der Waals surface area contributed by atoms with E-state index in [2.05, 4.69) is 10.2 Å². The van der Waals surface area contributed by atoms with E-state index in [-0.39, 0.29) is 30.8 Å². The Kier molecular flexibility index (Phi) is 10.7. The number of amides is 2. The number of halogens is 2. The highest BCUT2D eigenvalue weighted by atomic mass is 35.5. The van der Waals surface area contributed by atoms with Crippen LogP contribution < -0.4 is 10.1 Å². The molecule has 3 aromatic carbocycles. The highest BCUT2D eigenvalue weighted by Crippen LogP contribution is 2.23. The third kappa shape index (κ3) is 8.78. The van der Waals surface area contributed by atoms with E-state index in [1.54, 1.807) is 36.4 Å². The van der Waals surface area contributed by atoms with E-state index >= 15 is 0 Å². The van der Waals surface area contributed by atoms with Crippen LogP contribution in [0.3, 0.4) is 0 Å². The number of nitrogens with one attached hydrogen (secondary N) is 1. The molecule has 39 heavy (non-hydrogen) atoms. The zero-order valence-corrected chi connectivity index (χ0v) is 22.5. The van der Waals surface area contributed by atoms with Gasteiger partial charge in [0, 0.05) is 39.1 Å². The van der Waals surface area contributed by atoms with E-state index in [0.717, 1.165) is 18.7 Å². The molecule has 3 aromatic rings. The molecule has 206 valence electrons. The minimum atomic E-state index is -0.815.